The molecule has 1 atom stereocenters. The highest BCUT2D eigenvalue weighted by Crippen LogP contribution is 2.26. The van der Waals surface area contributed by atoms with Crippen LogP contribution in [0.15, 0.2) is 77.4 Å². The van der Waals surface area contributed by atoms with E-state index in [2.05, 4.69) is 10.6 Å². The molecule has 4 N–H and O–H groups in total. The van der Waals surface area contributed by atoms with Crippen molar-refractivity contribution in [3.05, 3.63) is 84.3 Å². The van der Waals surface area contributed by atoms with Gasteiger partial charge in [0.05, 0.1) is 25.3 Å². The van der Waals surface area contributed by atoms with Crippen molar-refractivity contribution in [3.8, 4) is 11.5 Å². The second kappa shape index (κ2) is 9.27. The Kier molecular flexibility index (Phi) is 6.30. The average molecular weight is 379 g/mol. The number of benzene rings is 2. The smallest absolute Gasteiger partial charge is 0.312 e. The second-order valence-electron chi connectivity index (χ2n) is 6.11. The Morgan fingerprint density at radius 3 is 2.50 bits per heavy atom. The highest BCUT2D eigenvalue weighted by atomic mass is 16.5. The highest BCUT2D eigenvalue weighted by molar-refractivity contribution is 5.78. The Hall–Kier alpha value is -3.74. The van der Waals surface area contributed by atoms with Gasteiger partial charge >= 0.3 is 6.03 Å². The molecule has 0 saturated heterocycles. The summed E-state index contributed by atoms with van der Waals surface area (Å²) in [5.41, 5.74) is 6.00. The largest absolute Gasteiger partial charge is 0.467 e. The van der Waals surface area contributed by atoms with Crippen LogP contribution in [0.2, 0.25) is 0 Å². The summed E-state index contributed by atoms with van der Waals surface area (Å²) in [6.07, 6.45) is 1.57. The molecule has 0 aliphatic heterocycles. The molecule has 0 spiro atoms. The third-order valence-corrected chi connectivity index (χ3v) is 3.99. The van der Waals surface area contributed by atoms with Crippen LogP contribution in [0.1, 0.15) is 23.8 Å². The fourth-order valence-electron chi connectivity index (χ4n) is 2.70. The molecule has 2 aromatic carbocycles. The van der Waals surface area contributed by atoms with Gasteiger partial charge in [-0.15, -0.1) is 0 Å². The Morgan fingerprint density at radius 1 is 1.00 bits per heavy atom. The summed E-state index contributed by atoms with van der Waals surface area (Å²) in [6.45, 7) is 0.270. The molecule has 0 radical (unpaired) electrons. The van der Waals surface area contributed by atoms with E-state index in [1.54, 1.807) is 36.4 Å². The number of carbonyl (C=O) groups excluding carboxylic acids is 2. The summed E-state index contributed by atoms with van der Waals surface area (Å²) in [6, 6.07) is 18.7. The number of urea groups is 1. The van der Waals surface area contributed by atoms with Gasteiger partial charge in [-0.3, -0.25) is 4.79 Å². The van der Waals surface area contributed by atoms with E-state index in [9.17, 15) is 9.59 Å². The molecule has 1 aromatic heterocycles. The lowest BCUT2D eigenvalue weighted by Crippen LogP contribution is -2.36. The van der Waals surface area contributed by atoms with Crippen molar-refractivity contribution in [2.24, 2.45) is 5.73 Å². The first-order chi connectivity index (χ1) is 13.6. The molecule has 1 heterocycles. The first-order valence-electron chi connectivity index (χ1n) is 8.78. The minimum atomic E-state index is -0.710. The number of para-hydroxylation sites is 1. The summed E-state index contributed by atoms with van der Waals surface area (Å²) in [5, 5.41) is 5.37. The lowest BCUT2D eigenvalue weighted by Gasteiger charge is -2.18. The summed E-state index contributed by atoms with van der Waals surface area (Å²) in [5.74, 6) is 1.68. The zero-order chi connectivity index (χ0) is 19.8. The fourth-order valence-corrected chi connectivity index (χ4v) is 2.70. The summed E-state index contributed by atoms with van der Waals surface area (Å²) in [7, 11) is 0. The van der Waals surface area contributed by atoms with Crippen molar-refractivity contribution in [1.29, 1.82) is 0 Å². The van der Waals surface area contributed by atoms with E-state index in [4.69, 9.17) is 14.9 Å². The molecule has 28 heavy (non-hydrogen) atoms. The van der Waals surface area contributed by atoms with Gasteiger partial charge in [-0.05, 0) is 42.0 Å². The summed E-state index contributed by atoms with van der Waals surface area (Å²) < 4.78 is 11.0. The topological polar surface area (TPSA) is 107 Å². The monoisotopic (exact) mass is 379 g/mol. The van der Waals surface area contributed by atoms with Crippen molar-refractivity contribution < 1.29 is 18.7 Å². The van der Waals surface area contributed by atoms with E-state index < -0.39 is 12.1 Å². The number of hydrogen-bond donors (Lipinski definition) is 3. The highest BCUT2D eigenvalue weighted by Gasteiger charge is 2.18. The number of rotatable bonds is 8. The predicted octanol–water partition coefficient (Wildman–Crippen LogP) is 3.49. The number of amides is 3. The number of hydrogen-bond acceptors (Lipinski definition) is 4. The van der Waals surface area contributed by atoms with E-state index in [1.807, 2.05) is 30.3 Å². The minimum absolute atomic E-state index is 0.0262. The van der Waals surface area contributed by atoms with Gasteiger partial charge in [-0.1, -0.05) is 30.3 Å². The van der Waals surface area contributed by atoms with Crippen molar-refractivity contribution in [3.63, 3.8) is 0 Å². The summed E-state index contributed by atoms with van der Waals surface area (Å²) >= 11 is 0. The van der Waals surface area contributed by atoms with Gasteiger partial charge in [0.15, 0.2) is 0 Å². The molecule has 0 fully saturated rings. The third-order valence-electron chi connectivity index (χ3n) is 3.99. The van der Waals surface area contributed by atoms with Crippen molar-refractivity contribution >= 4 is 11.9 Å². The first kappa shape index (κ1) is 19.0. The Morgan fingerprint density at radius 2 is 1.79 bits per heavy atom. The van der Waals surface area contributed by atoms with E-state index in [-0.39, 0.29) is 18.9 Å². The second-order valence-corrected chi connectivity index (χ2v) is 6.11. The van der Waals surface area contributed by atoms with E-state index in [0.717, 1.165) is 0 Å². The number of nitrogens with one attached hydrogen (secondary N) is 2. The molecule has 1 unspecified atom stereocenters. The molecule has 3 amide bonds. The molecule has 0 bridgehead atoms. The number of nitrogens with two attached hydrogens (primary N) is 1. The van der Waals surface area contributed by atoms with Crippen LogP contribution in [-0.4, -0.2) is 11.9 Å². The molecule has 0 aliphatic rings. The van der Waals surface area contributed by atoms with Gasteiger partial charge in [-0.2, -0.15) is 0 Å². The van der Waals surface area contributed by atoms with Crippen LogP contribution in [0.4, 0.5) is 4.79 Å². The SMILES string of the molecule is NC(=O)NC(CC(=O)NCc1ccco1)c1cccc(Oc2ccccc2)c1. The minimum Gasteiger partial charge on any atom is -0.467 e. The molecule has 0 aliphatic carbocycles. The van der Waals surface area contributed by atoms with E-state index in [1.165, 1.54) is 6.26 Å². The molecular weight excluding hydrogens is 358 g/mol. The predicted molar refractivity (Wildman–Crippen MR) is 104 cm³/mol. The van der Waals surface area contributed by atoms with Crippen LogP contribution >= 0.6 is 0 Å². The number of primary amides is 1. The number of carbonyl (C=O) groups is 2. The molecular formula is C21H21N3O4. The molecule has 144 valence electrons. The van der Waals surface area contributed by atoms with Gasteiger partial charge in [0, 0.05) is 0 Å². The van der Waals surface area contributed by atoms with Gasteiger partial charge in [0.25, 0.3) is 0 Å². The zero-order valence-electron chi connectivity index (χ0n) is 15.1. The fraction of sp³-hybridized carbons (Fsp3) is 0.143. The first-order valence-corrected chi connectivity index (χ1v) is 8.78. The van der Waals surface area contributed by atoms with E-state index in [0.29, 0.717) is 22.8 Å². The van der Waals surface area contributed by atoms with Crippen LogP contribution in [0, 0.1) is 0 Å². The quantitative estimate of drug-likeness (QED) is 0.557. The van der Waals surface area contributed by atoms with Crippen LogP contribution in [0.25, 0.3) is 0 Å². The Bertz CT molecular complexity index is 910. The maximum Gasteiger partial charge on any atom is 0.312 e. The van der Waals surface area contributed by atoms with Crippen molar-refractivity contribution in [1.82, 2.24) is 10.6 Å². The molecule has 3 rings (SSSR count). The van der Waals surface area contributed by atoms with Gasteiger partial charge in [-0.25, -0.2) is 4.79 Å². The maximum absolute atomic E-state index is 12.3. The van der Waals surface area contributed by atoms with Gasteiger partial charge < -0.3 is 25.5 Å². The van der Waals surface area contributed by atoms with Crippen molar-refractivity contribution in [2.45, 2.75) is 19.0 Å². The number of furan rings is 1. The van der Waals surface area contributed by atoms with Gasteiger partial charge in [0.1, 0.15) is 17.3 Å². The van der Waals surface area contributed by atoms with Crippen LogP contribution in [-0.2, 0) is 11.3 Å². The molecule has 0 saturated carbocycles. The molecule has 7 nitrogen and oxygen atoms in total. The normalized spacial score (nSPS) is 11.4. The lowest BCUT2D eigenvalue weighted by atomic mass is 10.0. The van der Waals surface area contributed by atoms with Gasteiger partial charge in [0.2, 0.25) is 5.91 Å². The lowest BCUT2D eigenvalue weighted by molar-refractivity contribution is -0.121. The summed E-state index contributed by atoms with van der Waals surface area (Å²) in [4.78, 5) is 23.7. The maximum atomic E-state index is 12.3. The molecule has 7 heteroatoms. The Balaban J connectivity index is 1.69. The molecule has 3 aromatic rings. The zero-order valence-corrected chi connectivity index (χ0v) is 15.1. The van der Waals surface area contributed by atoms with Crippen LogP contribution in [0.3, 0.4) is 0 Å². The number of ether oxygens (including phenoxy) is 1. The van der Waals surface area contributed by atoms with Crippen molar-refractivity contribution in [2.75, 3.05) is 0 Å². The standard InChI is InChI=1S/C21H21N3O4/c22-21(26)24-19(13-20(25)23-14-18-10-5-11-27-18)15-6-4-9-17(12-15)28-16-7-2-1-3-8-16/h1-12,19H,13-14H2,(H,23,25)(H3,22,24,26). The van der Waals surface area contributed by atoms with E-state index >= 15 is 0 Å². The Labute approximate surface area is 162 Å². The average Bonchev–Trinajstić information content (AvgIpc) is 3.20. The van der Waals surface area contributed by atoms with Crippen LogP contribution < -0.4 is 21.1 Å². The van der Waals surface area contributed by atoms with Crippen LogP contribution in [0.5, 0.6) is 11.5 Å². The third kappa shape index (κ3) is 5.63.